The number of nitrogens with one attached hydrogen (secondary N) is 2. The Morgan fingerprint density at radius 1 is 1.09 bits per heavy atom. The monoisotopic (exact) mass is 431 g/mol. The van der Waals surface area contributed by atoms with Crippen molar-refractivity contribution in [3.63, 3.8) is 0 Å². The van der Waals surface area contributed by atoms with Crippen molar-refractivity contribution >= 4 is 22.5 Å². The number of piperazine rings is 1. The van der Waals surface area contributed by atoms with Gasteiger partial charge in [-0.05, 0) is 69.5 Å². The number of carbonyl (C=O) groups excluding carboxylic acids is 1. The van der Waals surface area contributed by atoms with Gasteiger partial charge in [-0.15, -0.1) is 0 Å². The minimum Gasteiger partial charge on any atom is -0.368 e. The van der Waals surface area contributed by atoms with Crippen LogP contribution in [0.4, 0.5) is 5.69 Å². The van der Waals surface area contributed by atoms with Gasteiger partial charge in [0.25, 0.3) is 11.5 Å². The van der Waals surface area contributed by atoms with Crippen molar-refractivity contribution in [1.29, 1.82) is 0 Å². The highest BCUT2D eigenvalue weighted by molar-refractivity contribution is 5.95. The average Bonchev–Trinajstić information content (AvgIpc) is 3.58. The Kier molecular flexibility index (Phi) is 5.21. The van der Waals surface area contributed by atoms with Crippen LogP contribution in [0.2, 0.25) is 0 Å². The van der Waals surface area contributed by atoms with Crippen LogP contribution in [0, 0.1) is 6.92 Å². The second-order valence-electron chi connectivity index (χ2n) is 9.24. The van der Waals surface area contributed by atoms with Gasteiger partial charge in [0.15, 0.2) is 0 Å². The molecule has 1 aliphatic heterocycles. The first-order valence-corrected chi connectivity index (χ1v) is 11.3. The zero-order chi connectivity index (χ0) is 22.4. The molecule has 166 valence electrons. The maximum atomic E-state index is 13.5. The van der Waals surface area contributed by atoms with Gasteiger partial charge in [0, 0.05) is 42.5 Å². The Morgan fingerprint density at radius 3 is 2.56 bits per heavy atom. The molecule has 2 fully saturated rings. The van der Waals surface area contributed by atoms with Gasteiger partial charge in [0.05, 0.1) is 16.6 Å². The molecule has 1 aliphatic carbocycles. The topological polar surface area (TPSA) is 79.3 Å². The van der Waals surface area contributed by atoms with E-state index in [2.05, 4.69) is 34.4 Å². The summed E-state index contributed by atoms with van der Waals surface area (Å²) in [7, 11) is 0. The highest BCUT2D eigenvalue weighted by atomic mass is 16.1. The summed E-state index contributed by atoms with van der Waals surface area (Å²) in [6.07, 6.45) is 3.63. The molecule has 7 nitrogen and oxygen atoms in total. The van der Waals surface area contributed by atoms with E-state index in [0.29, 0.717) is 34.2 Å². The van der Waals surface area contributed by atoms with Crippen LogP contribution >= 0.6 is 0 Å². The van der Waals surface area contributed by atoms with E-state index in [1.165, 1.54) is 0 Å². The number of aromatic nitrogens is 2. The Labute approximate surface area is 187 Å². The standard InChI is InChI=1S/C25H29N5O2/c1-15-4-5-18(24(31)28-19-6-7-19)10-23(15)30-14-26-22-9-8-20(11-21(22)25(30)32)29-12-16(2)27-17(3)13-29/h4-5,8-11,14,16-17,19,27H,6-7,12-13H2,1-3H3,(H,28,31)/t16-,17+. The van der Waals surface area contributed by atoms with Crippen molar-refractivity contribution in [2.45, 2.75) is 51.7 Å². The van der Waals surface area contributed by atoms with E-state index in [-0.39, 0.29) is 17.5 Å². The number of anilines is 1. The minimum atomic E-state index is -0.129. The maximum absolute atomic E-state index is 13.5. The molecule has 5 rings (SSSR count). The molecule has 7 heteroatoms. The molecule has 0 unspecified atom stereocenters. The lowest BCUT2D eigenvalue weighted by atomic mass is 10.1. The molecule has 2 heterocycles. The van der Waals surface area contributed by atoms with Crippen LogP contribution in [0.15, 0.2) is 47.5 Å². The van der Waals surface area contributed by atoms with Crippen LogP contribution < -0.4 is 21.1 Å². The van der Waals surface area contributed by atoms with Crippen molar-refractivity contribution in [2.24, 2.45) is 0 Å². The van der Waals surface area contributed by atoms with Crippen molar-refractivity contribution in [1.82, 2.24) is 20.2 Å². The summed E-state index contributed by atoms with van der Waals surface area (Å²) in [5, 5.41) is 7.13. The Bertz CT molecular complexity index is 1240. The van der Waals surface area contributed by atoms with Gasteiger partial charge < -0.3 is 15.5 Å². The predicted molar refractivity (Wildman–Crippen MR) is 127 cm³/mol. The number of rotatable bonds is 4. The fraction of sp³-hybridized carbons (Fsp3) is 0.400. The Morgan fingerprint density at radius 2 is 1.84 bits per heavy atom. The lowest BCUT2D eigenvalue weighted by Gasteiger charge is -2.37. The first-order chi connectivity index (χ1) is 15.4. The first-order valence-electron chi connectivity index (χ1n) is 11.3. The van der Waals surface area contributed by atoms with Crippen LogP contribution in [-0.4, -0.2) is 46.7 Å². The quantitative estimate of drug-likeness (QED) is 0.664. The van der Waals surface area contributed by atoms with Gasteiger partial charge in [0.2, 0.25) is 0 Å². The molecule has 1 aromatic heterocycles. The van der Waals surface area contributed by atoms with E-state index in [4.69, 9.17) is 0 Å². The Balaban J connectivity index is 1.54. The molecule has 0 bridgehead atoms. The lowest BCUT2D eigenvalue weighted by Crippen LogP contribution is -2.54. The molecule has 2 aliphatic rings. The van der Waals surface area contributed by atoms with Crippen LogP contribution in [-0.2, 0) is 0 Å². The molecule has 3 aromatic rings. The molecule has 2 N–H and O–H groups in total. The SMILES string of the molecule is Cc1ccc(C(=O)NC2CC2)cc1-n1cnc2ccc(N3C[C@@H](C)N[C@@H](C)C3)cc2c1=O. The van der Waals surface area contributed by atoms with Crippen molar-refractivity contribution < 1.29 is 4.79 Å². The largest absolute Gasteiger partial charge is 0.368 e. The van der Waals surface area contributed by atoms with E-state index >= 15 is 0 Å². The van der Waals surface area contributed by atoms with Crippen molar-refractivity contribution in [3.05, 3.63) is 64.2 Å². The van der Waals surface area contributed by atoms with Crippen LogP contribution in [0.3, 0.4) is 0 Å². The molecule has 32 heavy (non-hydrogen) atoms. The van der Waals surface area contributed by atoms with Crippen LogP contribution in [0.25, 0.3) is 16.6 Å². The third-order valence-electron chi connectivity index (χ3n) is 6.31. The van der Waals surface area contributed by atoms with Gasteiger partial charge in [-0.3, -0.25) is 14.2 Å². The van der Waals surface area contributed by atoms with Crippen LogP contribution in [0.1, 0.15) is 42.6 Å². The smallest absolute Gasteiger partial charge is 0.265 e. The second kappa shape index (κ2) is 8.06. The number of carbonyl (C=O) groups is 1. The van der Waals surface area contributed by atoms with E-state index in [1.807, 2.05) is 31.2 Å². The summed E-state index contributed by atoms with van der Waals surface area (Å²) < 4.78 is 1.55. The van der Waals surface area contributed by atoms with Gasteiger partial charge in [0.1, 0.15) is 6.33 Å². The minimum absolute atomic E-state index is 0.0974. The van der Waals surface area contributed by atoms with Gasteiger partial charge in [-0.25, -0.2) is 4.98 Å². The molecule has 1 amide bonds. The molecule has 2 atom stereocenters. The second-order valence-corrected chi connectivity index (χ2v) is 9.24. The molecule has 0 radical (unpaired) electrons. The molecule has 0 spiro atoms. The molecule has 1 saturated heterocycles. The molecule has 2 aromatic carbocycles. The number of hydrogen-bond donors (Lipinski definition) is 2. The number of amides is 1. The van der Waals surface area contributed by atoms with Crippen LogP contribution in [0.5, 0.6) is 0 Å². The average molecular weight is 432 g/mol. The predicted octanol–water partition coefficient (Wildman–Crippen LogP) is 2.77. The lowest BCUT2D eigenvalue weighted by molar-refractivity contribution is 0.0951. The van der Waals surface area contributed by atoms with E-state index < -0.39 is 0 Å². The van der Waals surface area contributed by atoms with Gasteiger partial charge in [-0.2, -0.15) is 0 Å². The summed E-state index contributed by atoms with van der Waals surface area (Å²) >= 11 is 0. The van der Waals surface area contributed by atoms with E-state index in [1.54, 1.807) is 23.0 Å². The van der Waals surface area contributed by atoms with Gasteiger partial charge in [-0.1, -0.05) is 6.07 Å². The van der Waals surface area contributed by atoms with E-state index in [9.17, 15) is 9.59 Å². The van der Waals surface area contributed by atoms with Crippen molar-refractivity contribution in [2.75, 3.05) is 18.0 Å². The summed E-state index contributed by atoms with van der Waals surface area (Å²) in [5.41, 5.74) is 3.73. The summed E-state index contributed by atoms with van der Waals surface area (Å²) in [5.74, 6) is -0.0974. The molecule has 1 saturated carbocycles. The van der Waals surface area contributed by atoms with Gasteiger partial charge >= 0.3 is 0 Å². The number of aryl methyl sites for hydroxylation is 1. The highest BCUT2D eigenvalue weighted by Crippen LogP contribution is 2.23. The molecular weight excluding hydrogens is 402 g/mol. The number of benzene rings is 2. The van der Waals surface area contributed by atoms with Crippen molar-refractivity contribution in [3.8, 4) is 5.69 Å². The number of fused-ring (bicyclic) bond motifs is 1. The maximum Gasteiger partial charge on any atom is 0.265 e. The highest BCUT2D eigenvalue weighted by Gasteiger charge is 2.24. The normalized spacial score (nSPS) is 21.0. The summed E-state index contributed by atoms with van der Waals surface area (Å²) in [4.78, 5) is 32.9. The Hall–Kier alpha value is -3.19. The third-order valence-corrected chi connectivity index (χ3v) is 6.31. The fourth-order valence-corrected chi connectivity index (χ4v) is 4.52. The number of nitrogens with zero attached hydrogens (tertiary/aromatic N) is 3. The van der Waals surface area contributed by atoms with E-state index in [0.717, 1.165) is 37.2 Å². The molecular formula is C25H29N5O2. The number of hydrogen-bond acceptors (Lipinski definition) is 5. The summed E-state index contributed by atoms with van der Waals surface area (Å²) in [6, 6.07) is 12.4. The zero-order valence-electron chi connectivity index (χ0n) is 18.8. The summed E-state index contributed by atoms with van der Waals surface area (Å²) in [6.45, 7) is 8.07. The zero-order valence-corrected chi connectivity index (χ0v) is 18.8. The fourth-order valence-electron chi connectivity index (χ4n) is 4.52. The first kappa shape index (κ1) is 20.7. The third kappa shape index (κ3) is 4.00.